The molecule has 1 N–H and O–H groups in total. The standard InChI is InChI=1S/C20H12BrCl4N3O2/c21-14-6-12(9-27-28-20(29)13-2-1-5-26-19(13)25)8-17(24)18(14)30-10-11-3-4-15(22)16(23)7-11/h1-9H,10H2,(H,28,29). The molecule has 1 heterocycles. The van der Waals surface area contributed by atoms with Gasteiger partial charge in [-0.15, -0.1) is 0 Å². The van der Waals surface area contributed by atoms with Crippen LogP contribution in [0.1, 0.15) is 21.5 Å². The Morgan fingerprint density at radius 1 is 1.10 bits per heavy atom. The van der Waals surface area contributed by atoms with E-state index in [1.807, 2.05) is 6.07 Å². The fourth-order valence-corrected chi connectivity index (χ4v) is 3.87. The molecule has 3 rings (SSSR count). The van der Waals surface area contributed by atoms with Gasteiger partial charge in [-0.05, 0) is 63.5 Å². The predicted molar refractivity (Wildman–Crippen MR) is 124 cm³/mol. The SMILES string of the molecule is O=C(NN=Cc1cc(Cl)c(OCc2ccc(Cl)c(Cl)c2)c(Br)c1)c1cccnc1Cl. The van der Waals surface area contributed by atoms with Gasteiger partial charge in [0.2, 0.25) is 0 Å². The maximum atomic E-state index is 12.1. The van der Waals surface area contributed by atoms with E-state index in [-0.39, 0.29) is 17.3 Å². The van der Waals surface area contributed by atoms with Gasteiger partial charge in [-0.25, -0.2) is 10.4 Å². The van der Waals surface area contributed by atoms with E-state index in [1.54, 1.807) is 36.4 Å². The summed E-state index contributed by atoms with van der Waals surface area (Å²) in [6.07, 6.45) is 2.94. The van der Waals surface area contributed by atoms with Gasteiger partial charge >= 0.3 is 0 Å². The number of halogens is 5. The van der Waals surface area contributed by atoms with Crippen LogP contribution in [0.3, 0.4) is 0 Å². The average molecular weight is 548 g/mol. The highest BCUT2D eigenvalue weighted by Crippen LogP contribution is 2.35. The normalized spacial score (nSPS) is 11.0. The van der Waals surface area contributed by atoms with Gasteiger partial charge in [0.1, 0.15) is 11.8 Å². The maximum absolute atomic E-state index is 12.1. The molecule has 0 fully saturated rings. The Hall–Kier alpha value is -1.83. The highest BCUT2D eigenvalue weighted by Gasteiger charge is 2.11. The Morgan fingerprint density at radius 3 is 2.60 bits per heavy atom. The third kappa shape index (κ3) is 5.86. The molecule has 5 nitrogen and oxygen atoms in total. The molecule has 0 bridgehead atoms. The molecule has 0 atom stereocenters. The highest BCUT2D eigenvalue weighted by atomic mass is 79.9. The Kier molecular flexibility index (Phi) is 7.97. The molecule has 0 radical (unpaired) electrons. The number of ether oxygens (including phenoxy) is 1. The summed E-state index contributed by atoms with van der Waals surface area (Å²) in [5, 5.41) is 5.31. The molecule has 2 aromatic carbocycles. The largest absolute Gasteiger partial charge is 0.486 e. The number of hydrogen-bond donors (Lipinski definition) is 1. The van der Waals surface area contributed by atoms with E-state index < -0.39 is 5.91 Å². The number of hydrogen-bond acceptors (Lipinski definition) is 4. The molecule has 30 heavy (non-hydrogen) atoms. The molecule has 0 saturated carbocycles. The molecule has 154 valence electrons. The molecule has 0 unspecified atom stereocenters. The van der Waals surface area contributed by atoms with Gasteiger partial charge in [-0.2, -0.15) is 5.10 Å². The minimum atomic E-state index is -0.476. The topological polar surface area (TPSA) is 63.6 Å². The Morgan fingerprint density at radius 2 is 1.90 bits per heavy atom. The van der Waals surface area contributed by atoms with Gasteiger partial charge in [0.15, 0.2) is 5.75 Å². The van der Waals surface area contributed by atoms with E-state index in [2.05, 4.69) is 31.4 Å². The number of carbonyl (C=O) groups is 1. The van der Waals surface area contributed by atoms with Crippen molar-refractivity contribution in [3.05, 3.63) is 90.0 Å². The summed E-state index contributed by atoms with van der Waals surface area (Å²) in [4.78, 5) is 15.9. The van der Waals surface area contributed by atoms with Gasteiger partial charge in [0, 0.05) is 6.20 Å². The molecule has 10 heteroatoms. The molecule has 0 spiro atoms. The summed E-state index contributed by atoms with van der Waals surface area (Å²) in [5.74, 6) is -0.0119. The van der Waals surface area contributed by atoms with Gasteiger partial charge in [0.05, 0.1) is 31.3 Å². The molecule has 0 saturated heterocycles. The zero-order valence-electron chi connectivity index (χ0n) is 15.0. The summed E-state index contributed by atoms with van der Waals surface area (Å²) in [6.45, 7) is 0.255. The molecule has 3 aromatic rings. The quantitative estimate of drug-likeness (QED) is 0.210. The monoisotopic (exact) mass is 545 g/mol. The van der Waals surface area contributed by atoms with Gasteiger partial charge in [-0.3, -0.25) is 4.79 Å². The van der Waals surface area contributed by atoms with Crippen LogP contribution < -0.4 is 10.2 Å². The summed E-state index contributed by atoms with van der Waals surface area (Å²) < 4.78 is 6.42. The molecule has 0 aliphatic carbocycles. The second kappa shape index (κ2) is 10.5. The van der Waals surface area contributed by atoms with E-state index in [1.165, 1.54) is 12.4 Å². The summed E-state index contributed by atoms with van der Waals surface area (Å²) in [7, 11) is 0. The number of carbonyl (C=O) groups excluding carboxylic acids is 1. The number of aromatic nitrogens is 1. The van der Waals surface area contributed by atoms with Crippen LogP contribution >= 0.6 is 62.3 Å². The van der Waals surface area contributed by atoms with Crippen LogP contribution in [-0.2, 0) is 6.61 Å². The third-order valence-corrected chi connectivity index (χ3v) is 5.68. The Balaban J connectivity index is 1.66. The minimum absolute atomic E-state index is 0.0967. The van der Waals surface area contributed by atoms with Crippen LogP contribution in [-0.4, -0.2) is 17.1 Å². The number of amides is 1. The van der Waals surface area contributed by atoms with Crippen LogP contribution in [0.2, 0.25) is 20.2 Å². The number of pyridine rings is 1. The van der Waals surface area contributed by atoms with Crippen molar-refractivity contribution in [3.63, 3.8) is 0 Å². The molecule has 1 amide bonds. The number of hydrazone groups is 1. The molecule has 1 aromatic heterocycles. The lowest BCUT2D eigenvalue weighted by atomic mass is 10.2. The Bertz CT molecular complexity index is 1100. The van der Waals surface area contributed by atoms with Crippen LogP contribution in [0, 0.1) is 0 Å². The van der Waals surface area contributed by atoms with E-state index in [0.29, 0.717) is 30.9 Å². The smallest absolute Gasteiger partial charge is 0.274 e. The van der Waals surface area contributed by atoms with Crippen LogP contribution in [0.4, 0.5) is 0 Å². The Labute approximate surface area is 201 Å². The van der Waals surface area contributed by atoms with Crippen molar-refractivity contribution in [2.24, 2.45) is 5.10 Å². The van der Waals surface area contributed by atoms with Crippen molar-refractivity contribution >= 4 is 74.5 Å². The minimum Gasteiger partial charge on any atom is -0.486 e. The fraction of sp³-hybridized carbons (Fsp3) is 0.0500. The molecule has 0 aliphatic rings. The lowest BCUT2D eigenvalue weighted by Gasteiger charge is -2.11. The molecular formula is C20H12BrCl4N3O2. The van der Waals surface area contributed by atoms with Gasteiger partial charge < -0.3 is 4.74 Å². The van der Waals surface area contributed by atoms with Crippen molar-refractivity contribution in [2.45, 2.75) is 6.61 Å². The number of nitrogens with zero attached hydrogens (tertiary/aromatic N) is 2. The van der Waals surface area contributed by atoms with Gasteiger partial charge in [-0.1, -0.05) is 52.5 Å². The van der Waals surface area contributed by atoms with Crippen LogP contribution in [0.5, 0.6) is 5.75 Å². The van der Waals surface area contributed by atoms with Crippen molar-refractivity contribution in [1.29, 1.82) is 0 Å². The number of rotatable bonds is 6. The van der Waals surface area contributed by atoms with E-state index >= 15 is 0 Å². The number of nitrogens with one attached hydrogen (secondary N) is 1. The maximum Gasteiger partial charge on any atom is 0.274 e. The van der Waals surface area contributed by atoms with E-state index in [0.717, 1.165) is 5.56 Å². The number of benzene rings is 2. The summed E-state index contributed by atoms with van der Waals surface area (Å²) in [6, 6.07) is 11.8. The lowest BCUT2D eigenvalue weighted by Crippen LogP contribution is -2.18. The van der Waals surface area contributed by atoms with Crippen molar-refractivity contribution in [3.8, 4) is 5.75 Å². The molecular weight excluding hydrogens is 536 g/mol. The van der Waals surface area contributed by atoms with Gasteiger partial charge in [0.25, 0.3) is 5.91 Å². The first-order valence-corrected chi connectivity index (χ1v) is 10.7. The highest BCUT2D eigenvalue weighted by molar-refractivity contribution is 9.10. The third-order valence-electron chi connectivity index (χ3n) is 3.77. The lowest BCUT2D eigenvalue weighted by molar-refractivity contribution is 0.0955. The first-order chi connectivity index (χ1) is 14.3. The zero-order chi connectivity index (χ0) is 21.7. The van der Waals surface area contributed by atoms with Crippen molar-refractivity contribution in [1.82, 2.24) is 10.4 Å². The first kappa shape index (κ1) is 22.8. The fourth-order valence-electron chi connectivity index (χ4n) is 2.36. The van der Waals surface area contributed by atoms with Crippen LogP contribution in [0.25, 0.3) is 0 Å². The van der Waals surface area contributed by atoms with Crippen LogP contribution in [0.15, 0.2) is 58.2 Å². The predicted octanol–water partition coefficient (Wildman–Crippen LogP) is 6.80. The van der Waals surface area contributed by atoms with Crippen molar-refractivity contribution < 1.29 is 9.53 Å². The first-order valence-electron chi connectivity index (χ1n) is 8.35. The summed E-state index contributed by atoms with van der Waals surface area (Å²) >= 11 is 27.6. The van der Waals surface area contributed by atoms with E-state index in [9.17, 15) is 4.79 Å². The second-order valence-corrected chi connectivity index (χ2v) is 8.33. The molecule has 0 aliphatic heterocycles. The zero-order valence-corrected chi connectivity index (χ0v) is 19.6. The second-order valence-electron chi connectivity index (χ2n) is 5.89. The summed E-state index contributed by atoms with van der Waals surface area (Å²) in [5.41, 5.74) is 4.10. The average Bonchev–Trinajstić information content (AvgIpc) is 2.70. The van der Waals surface area contributed by atoms with E-state index in [4.69, 9.17) is 51.1 Å². The van der Waals surface area contributed by atoms with Crippen molar-refractivity contribution in [2.75, 3.05) is 0 Å².